The maximum absolute atomic E-state index is 14.5. The Morgan fingerprint density at radius 3 is 1.87 bits per heavy atom. The van der Waals surface area contributed by atoms with Gasteiger partial charge in [0, 0.05) is 23.8 Å². The summed E-state index contributed by atoms with van der Waals surface area (Å²) < 4.78 is 51.0. The van der Waals surface area contributed by atoms with Crippen LogP contribution in [0.15, 0.2) is 63.8 Å². The molecule has 3 aliphatic rings. The standard InChI is InChI=1S/C43H48O25/c1-60-22-8-15(2-5-19(22)48)3-7-27(51)66-39-34(57)30(53)25(13-45)64-42(39)68-40-35(58)31(54)26(14-46)65-43(40)67-38-32(55)28-21(50)10-17(61-41-36(59)33(56)29(52)24(12-44)63-41)11-23(28)62-37(38)16-4-6-18(47)20(49)9-16/h2-11,24-26,29-31,33-36,39-50,52-54,56-59H,12-14H2,1H3. The Morgan fingerprint density at radius 1 is 0.632 bits per heavy atom. The second kappa shape index (κ2) is 20.8. The van der Waals surface area contributed by atoms with Crippen LogP contribution in [0, 0.1) is 0 Å². The Hall–Kier alpha value is -5.88. The number of carbonyl (C=O) groups excluding carboxylic acids is 1. The number of rotatable bonds is 14. The Balaban J connectivity index is 1.26. The van der Waals surface area contributed by atoms with E-state index in [2.05, 4.69) is 0 Å². The highest BCUT2D eigenvalue weighted by molar-refractivity contribution is 5.89. The molecule has 0 aliphatic carbocycles. The third-order valence-corrected chi connectivity index (χ3v) is 11.3. The van der Waals surface area contributed by atoms with Gasteiger partial charge >= 0.3 is 5.97 Å². The average Bonchev–Trinajstić information content (AvgIpc) is 3.32. The van der Waals surface area contributed by atoms with Crippen molar-refractivity contribution < 1.29 is 119 Å². The van der Waals surface area contributed by atoms with Gasteiger partial charge in [-0.05, 0) is 42.0 Å². The highest BCUT2D eigenvalue weighted by Gasteiger charge is 2.53. The van der Waals surface area contributed by atoms with E-state index in [1.54, 1.807) is 0 Å². The van der Waals surface area contributed by atoms with Gasteiger partial charge in [-0.3, -0.25) is 4.79 Å². The zero-order valence-electron chi connectivity index (χ0n) is 35.3. The number of phenols is 4. The van der Waals surface area contributed by atoms with Gasteiger partial charge in [0.2, 0.25) is 23.8 Å². The van der Waals surface area contributed by atoms with E-state index in [0.29, 0.717) is 5.56 Å². The molecule has 0 spiro atoms. The number of ether oxygens (including phenoxy) is 8. The molecule has 3 fully saturated rings. The molecule has 25 heteroatoms. The molecule has 15 atom stereocenters. The van der Waals surface area contributed by atoms with Crippen molar-refractivity contribution in [2.45, 2.75) is 92.1 Å². The molecule has 0 saturated carbocycles. The summed E-state index contributed by atoms with van der Waals surface area (Å²) in [4.78, 5) is 27.7. The van der Waals surface area contributed by atoms with E-state index in [1.807, 2.05) is 0 Å². The first-order valence-corrected chi connectivity index (χ1v) is 20.6. The number of phenolic OH excluding ortho intramolecular Hbond substituents is 4. The molecule has 68 heavy (non-hydrogen) atoms. The Labute approximate surface area is 382 Å². The number of carbonyl (C=O) groups is 1. The van der Waals surface area contributed by atoms with Gasteiger partial charge < -0.3 is 114 Å². The molecule has 370 valence electrons. The summed E-state index contributed by atoms with van der Waals surface area (Å²) in [7, 11) is 1.30. The van der Waals surface area contributed by atoms with E-state index < -0.39 is 163 Å². The number of fused-ring (bicyclic) bond motifs is 1. The number of hydrogen-bond acceptors (Lipinski definition) is 25. The number of esters is 1. The third kappa shape index (κ3) is 9.98. The van der Waals surface area contributed by atoms with E-state index in [9.17, 15) is 81.1 Å². The summed E-state index contributed by atoms with van der Waals surface area (Å²) in [5, 5.41) is 146. The molecular formula is C43H48O25. The molecule has 3 saturated heterocycles. The maximum atomic E-state index is 14.5. The SMILES string of the molecule is COc1cc(C=CC(=O)OC2C(OC3C(Oc4c(-c5ccc(O)c(O)c5)oc5cc(OC6OC(CO)C(O)C(O)C6O)cc(O)c5c4=O)OC(CO)C(O)C3O)OC(CO)C(O)C2O)ccc1O. The van der Waals surface area contributed by atoms with Gasteiger partial charge in [0.1, 0.15) is 83.5 Å². The number of hydrogen-bond donors (Lipinski definition) is 14. The largest absolute Gasteiger partial charge is 0.507 e. The quantitative estimate of drug-likeness (QED) is 0.0335. The van der Waals surface area contributed by atoms with Crippen molar-refractivity contribution in [1.82, 2.24) is 0 Å². The molecule has 0 bridgehead atoms. The molecule has 4 aromatic rings. The number of benzene rings is 3. The predicted molar refractivity (Wildman–Crippen MR) is 222 cm³/mol. The van der Waals surface area contributed by atoms with Crippen LogP contribution >= 0.6 is 0 Å². The first-order chi connectivity index (χ1) is 32.4. The fourth-order valence-electron chi connectivity index (χ4n) is 7.58. The molecule has 0 amide bonds. The molecule has 25 nitrogen and oxygen atoms in total. The monoisotopic (exact) mass is 964 g/mol. The van der Waals surface area contributed by atoms with Crippen molar-refractivity contribution in [1.29, 1.82) is 0 Å². The second-order valence-electron chi connectivity index (χ2n) is 15.7. The van der Waals surface area contributed by atoms with Gasteiger partial charge in [-0.1, -0.05) is 6.07 Å². The number of aliphatic hydroxyl groups excluding tert-OH is 10. The summed E-state index contributed by atoms with van der Waals surface area (Å²) in [6.45, 7) is -2.72. The lowest BCUT2D eigenvalue weighted by Crippen LogP contribution is -2.65. The fourth-order valence-corrected chi connectivity index (χ4v) is 7.58. The van der Waals surface area contributed by atoms with Crippen LogP contribution in [0.1, 0.15) is 5.56 Å². The summed E-state index contributed by atoms with van der Waals surface area (Å²) in [5.41, 5.74) is -1.56. The van der Waals surface area contributed by atoms with Crippen LogP contribution in [-0.2, 0) is 28.5 Å². The van der Waals surface area contributed by atoms with Gasteiger partial charge in [0.15, 0.2) is 47.3 Å². The molecule has 14 N–H and O–H groups in total. The molecule has 15 unspecified atom stereocenters. The predicted octanol–water partition coefficient (Wildman–Crippen LogP) is -3.26. The van der Waals surface area contributed by atoms with E-state index in [1.165, 1.54) is 31.4 Å². The molecule has 0 radical (unpaired) electrons. The molecule has 1 aromatic heterocycles. The normalized spacial score (nSPS) is 32.0. The van der Waals surface area contributed by atoms with Crippen LogP contribution in [0.2, 0.25) is 0 Å². The molecular weight excluding hydrogens is 916 g/mol. The minimum atomic E-state index is -2.16. The zero-order valence-corrected chi connectivity index (χ0v) is 35.3. The molecule has 3 aliphatic heterocycles. The summed E-state index contributed by atoms with van der Waals surface area (Å²) in [6, 6.07) is 9.03. The molecule has 7 rings (SSSR count). The summed E-state index contributed by atoms with van der Waals surface area (Å²) in [5.74, 6) is -5.36. The van der Waals surface area contributed by atoms with Crippen LogP contribution in [0.25, 0.3) is 28.4 Å². The number of methoxy groups -OCH3 is 1. The van der Waals surface area contributed by atoms with Gasteiger partial charge in [-0.2, -0.15) is 0 Å². The minimum Gasteiger partial charge on any atom is -0.507 e. The number of aromatic hydroxyl groups is 4. The van der Waals surface area contributed by atoms with E-state index >= 15 is 0 Å². The van der Waals surface area contributed by atoms with Crippen LogP contribution in [-0.4, -0.2) is 197 Å². The van der Waals surface area contributed by atoms with Crippen LogP contribution in [0.5, 0.6) is 40.2 Å². The third-order valence-electron chi connectivity index (χ3n) is 11.3. The van der Waals surface area contributed by atoms with Crippen LogP contribution in [0.3, 0.4) is 0 Å². The Morgan fingerprint density at radius 2 is 1.24 bits per heavy atom. The van der Waals surface area contributed by atoms with E-state index in [-0.39, 0.29) is 22.8 Å². The Kier molecular flexibility index (Phi) is 15.3. The van der Waals surface area contributed by atoms with Crippen molar-refractivity contribution in [2.75, 3.05) is 26.9 Å². The smallest absolute Gasteiger partial charge is 0.331 e. The summed E-state index contributed by atoms with van der Waals surface area (Å²) in [6.07, 6.45) is -26.2. The number of aliphatic hydroxyl groups is 10. The average molecular weight is 965 g/mol. The highest BCUT2D eigenvalue weighted by atomic mass is 16.8. The molecule has 3 aromatic carbocycles. The Bertz CT molecular complexity index is 2510. The lowest BCUT2D eigenvalue weighted by atomic mass is 9.97. The van der Waals surface area contributed by atoms with Crippen molar-refractivity contribution >= 4 is 23.0 Å². The van der Waals surface area contributed by atoms with Gasteiger partial charge in [-0.25, -0.2) is 4.79 Å². The topological polar surface area (TPSA) is 404 Å². The van der Waals surface area contributed by atoms with Crippen molar-refractivity contribution in [2.24, 2.45) is 0 Å². The fraction of sp³-hybridized carbons (Fsp3) is 0.442. The zero-order chi connectivity index (χ0) is 49.3. The van der Waals surface area contributed by atoms with E-state index in [0.717, 1.165) is 36.4 Å². The van der Waals surface area contributed by atoms with Gasteiger partial charge in [0.05, 0.1) is 26.9 Å². The second-order valence-corrected chi connectivity index (χ2v) is 15.7. The van der Waals surface area contributed by atoms with Crippen LogP contribution < -0.4 is 19.6 Å². The first-order valence-electron chi connectivity index (χ1n) is 20.6. The minimum absolute atomic E-state index is 0.0689. The van der Waals surface area contributed by atoms with Gasteiger partial charge in [0.25, 0.3) is 0 Å². The highest BCUT2D eigenvalue weighted by Crippen LogP contribution is 2.41. The van der Waals surface area contributed by atoms with Crippen LogP contribution in [0.4, 0.5) is 0 Å². The molecule has 4 heterocycles. The maximum Gasteiger partial charge on any atom is 0.331 e. The van der Waals surface area contributed by atoms with Crippen molar-refractivity contribution in [3.05, 3.63) is 70.4 Å². The van der Waals surface area contributed by atoms with Gasteiger partial charge in [-0.15, -0.1) is 0 Å². The lowest BCUT2D eigenvalue weighted by molar-refractivity contribution is -0.358. The van der Waals surface area contributed by atoms with Crippen molar-refractivity contribution in [3.8, 4) is 51.6 Å². The van der Waals surface area contributed by atoms with E-state index in [4.69, 9.17) is 42.3 Å². The lowest BCUT2D eigenvalue weighted by Gasteiger charge is -2.46. The van der Waals surface area contributed by atoms with Crippen molar-refractivity contribution in [3.63, 3.8) is 0 Å². The summed E-state index contributed by atoms with van der Waals surface area (Å²) >= 11 is 0. The first kappa shape index (κ1) is 50.0.